The number of rotatable bonds is 4. The number of piperazine rings is 1. The molecule has 2 atom stereocenters. The molecule has 5 heteroatoms. The van der Waals surface area contributed by atoms with Gasteiger partial charge in [0.15, 0.2) is 0 Å². The second-order valence-electron chi connectivity index (χ2n) is 5.91. The van der Waals surface area contributed by atoms with Crippen molar-refractivity contribution in [1.82, 2.24) is 15.1 Å². The van der Waals surface area contributed by atoms with E-state index in [1.54, 1.807) is 0 Å². The molecule has 0 aromatic carbocycles. The molecule has 0 saturated carbocycles. The van der Waals surface area contributed by atoms with Crippen LogP contribution in [0.25, 0.3) is 0 Å². The minimum Gasteiger partial charge on any atom is -0.339 e. The molecular formula is C16H25N3OS. The summed E-state index contributed by atoms with van der Waals surface area (Å²) in [6.07, 6.45) is 3.24. The lowest BCUT2D eigenvalue weighted by atomic mass is 10.1. The smallest absolute Gasteiger partial charge is 0.240 e. The molecule has 2 fully saturated rings. The summed E-state index contributed by atoms with van der Waals surface area (Å²) in [5.74, 6) is 0.351. The van der Waals surface area contributed by atoms with E-state index in [1.807, 2.05) is 11.3 Å². The average molecular weight is 307 g/mol. The van der Waals surface area contributed by atoms with Crippen molar-refractivity contribution in [2.45, 2.75) is 38.3 Å². The summed E-state index contributed by atoms with van der Waals surface area (Å²) >= 11 is 1.82. The van der Waals surface area contributed by atoms with Crippen molar-refractivity contribution in [1.29, 1.82) is 0 Å². The molecule has 4 nitrogen and oxygen atoms in total. The normalized spacial score (nSPS) is 25.2. The van der Waals surface area contributed by atoms with Crippen LogP contribution in [0.3, 0.4) is 0 Å². The molecule has 1 amide bonds. The fourth-order valence-electron chi connectivity index (χ4n) is 3.60. The molecule has 2 aliphatic rings. The SMILES string of the molecule is CCC(c1cccs1)N1CCCC1C(=O)N1CCNCC1. The van der Waals surface area contributed by atoms with Gasteiger partial charge in [0.25, 0.3) is 0 Å². The Morgan fingerprint density at radius 2 is 2.24 bits per heavy atom. The van der Waals surface area contributed by atoms with E-state index in [0.29, 0.717) is 11.9 Å². The molecule has 2 unspecified atom stereocenters. The molecule has 0 bridgehead atoms. The Labute approximate surface area is 131 Å². The van der Waals surface area contributed by atoms with Crippen molar-refractivity contribution in [3.63, 3.8) is 0 Å². The highest BCUT2D eigenvalue weighted by atomic mass is 32.1. The predicted octanol–water partition coefficient (Wildman–Crippen LogP) is 2.10. The monoisotopic (exact) mass is 307 g/mol. The lowest BCUT2D eigenvalue weighted by Gasteiger charge is -2.36. The molecule has 3 rings (SSSR count). The molecule has 2 saturated heterocycles. The van der Waals surface area contributed by atoms with Crippen LogP contribution in [0.1, 0.15) is 37.1 Å². The van der Waals surface area contributed by atoms with Crippen molar-refractivity contribution in [2.24, 2.45) is 0 Å². The van der Waals surface area contributed by atoms with Crippen LogP contribution in [0.4, 0.5) is 0 Å². The first-order chi connectivity index (χ1) is 10.3. The molecule has 1 aromatic heterocycles. The first-order valence-electron chi connectivity index (χ1n) is 8.10. The Morgan fingerprint density at radius 1 is 1.43 bits per heavy atom. The summed E-state index contributed by atoms with van der Waals surface area (Å²) in [7, 11) is 0. The van der Waals surface area contributed by atoms with Crippen LogP contribution in [-0.4, -0.2) is 54.5 Å². The van der Waals surface area contributed by atoms with Crippen LogP contribution >= 0.6 is 11.3 Å². The Hall–Kier alpha value is -0.910. The van der Waals surface area contributed by atoms with Crippen LogP contribution in [0.15, 0.2) is 17.5 Å². The van der Waals surface area contributed by atoms with Crippen LogP contribution in [0, 0.1) is 0 Å². The maximum Gasteiger partial charge on any atom is 0.240 e. The van der Waals surface area contributed by atoms with E-state index in [4.69, 9.17) is 0 Å². The van der Waals surface area contributed by atoms with Gasteiger partial charge in [0, 0.05) is 37.1 Å². The lowest BCUT2D eigenvalue weighted by molar-refractivity contribution is -0.137. The second kappa shape index (κ2) is 6.90. The molecule has 0 aliphatic carbocycles. The number of amides is 1. The first kappa shape index (κ1) is 15.0. The van der Waals surface area contributed by atoms with Gasteiger partial charge in [-0.25, -0.2) is 0 Å². The summed E-state index contributed by atoms with van der Waals surface area (Å²) < 4.78 is 0. The summed E-state index contributed by atoms with van der Waals surface area (Å²) in [4.78, 5) is 18.8. The van der Waals surface area contributed by atoms with Crippen molar-refractivity contribution in [2.75, 3.05) is 32.7 Å². The molecule has 1 N–H and O–H groups in total. The fraction of sp³-hybridized carbons (Fsp3) is 0.688. The van der Waals surface area contributed by atoms with Crippen LogP contribution in [0.5, 0.6) is 0 Å². The van der Waals surface area contributed by atoms with Gasteiger partial charge in [-0.15, -0.1) is 11.3 Å². The zero-order valence-electron chi connectivity index (χ0n) is 12.8. The summed E-state index contributed by atoms with van der Waals surface area (Å²) in [5.41, 5.74) is 0. The molecule has 0 radical (unpaired) electrons. The van der Waals surface area contributed by atoms with Crippen molar-refractivity contribution >= 4 is 17.2 Å². The van der Waals surface area contributed by atoms with Gasteiger partial charge in [0.1, 0.15) is 0 Å². The third-order valence-corrected chi connectivity index (χ3v) is 5.64. The quantitative estimate of drug-likeness (QED) is 0.925. The molecule has 0 spiro atoms. The fourth-order valence-corrected chi connectivity index (χ4v) is 4.53. The van der Waals surface area contributed by atoms with Crippen LogP contribution in [0.2, 0.25) is 0 Å². The molecule has 2 aliphatic heterocycles. The maximum absolute atomic E-state index is 12.9. The molecule has 116 valence electrons. The van der Waals surface area contributed by atoms with E-state index in [9.17, 15) is 4.79 Å². The van der Waals surface area contributed by atoms with E-state index in [1.165, 1.54) is 4.88 Å². The third-order valence-electron chi connectivity index (χ3n) is 4.67. The van der Waals surface area contributed by atoms with Crippen molar-refractivity contribution in [3.05, 3.63) is 22.4 Å². The number of hydrogen-bond donors (Lipinski definition) is 1. The topological polar surface area (TPSA) is 35.6 Å². The average Bonchev–Trinajstić information content (AvgIpc) is 3.20. The van der Waals surface area contributed by atoms with Gasteiger partial charge in [0.05, 0.1) is 6.04 Å². The van der Waals surface area contributed by atoms with E-state index in [0.717, 1.165) is 52.0 Å². The molecule has 3 heterocycles. The molecular weight excluding hydrogens is 282 g/mol. The summed E-state index contributed by atoms with van der Waals surface area (Å²) in [5, 5.41) is 5.46. The zero-order valence-corrected chi connectivity index (χ0v) is 13.6. The number of nitrogens with zero attached hydrogens (tertiary/aromatic N) is 2. The maximum atomic E-state index is 12.9. The van der Waals surface area contributed by atoms with E-state index >= 15 is 0 Å². The minimum atomic E-state index is 0.0927. The largest absolute Gasteiger partial charge is 0.339 e. The number of likely N-dealkylation sites (tertiary alicyclic amines) is 1. The highest BCUT2D eigenvalue weighted by molar-refractivity contribution is 7.10. The highest BCUT2D eigenvalue weighted by Crippen LogP contribution is 2.34. The van der Waals surface area contributed by atoms with Gasteiger partial charge in [-0.05, 0) is 37.3 Å². The van der Waals surface area contributed by atoms with Gasteiger partial charge >= 0.3 is 0 Å². The first-order valence-corrected chi connectivity index (χ1v) is 8.98. The number of thiophene rings is 1. The van der Waals surface area contributed by atoms with Crippen LogP contribution in [-0.2, 0) is 4.79 Å². The van der Waals surface area contributed by atoms with Crippen molar-refractivity contribution in [3.8, 4) is 0 Å². The predicted molar refractivity (Wildman–Crippen MR) is 86.5 cm³/mol. The summed E-state index contributed by atoms with van der Waals surface area (Å²) in [6.45, 7) is 6.87. The van der Waals surface area contributed by atoms with Gasteiger partial charge in [-0.1, -0.05) is 13.0 Å². The third kappa shape index (κ3) is 3.15. The second-order valence-corrected chi connectivity index (χ2v) is 6.89. The Morgan fingerprint density at radius 3 is 2.90 bits per heavy atom. The number of hydrogen-bond acceptors (Lipinski definition) is 4. The minimum absolute atomic E-state index is 0.0927. The van der Waals surface area contributed by atoms with E-state index in [2.05, 4.69) is 39.6 Å². The van der Waals surface area contributed by atoms with Gasteiger partial charge < -0.3 is 10.2 Å². The van der Waals surface area contributed by atoms with E-state index in [-0.39, 0.29) is 6.04 Å². The van der Waals surface area contributed by atoms with E-state index < -0.39 is 0 Å². The van der Waals surface area contributed by atoms with Crippen LogP contribution < -0.4 is 5.32 Å². The lowest BCUT2D eigenvalue weighted by Crippen LogP contribution is -2.52. The molecule has 21 heavy (non-hydrogen) atoms. The highest BCUT2D eigenvalue weighted by Gasteiger charge is 2.37. The number of carbonyl (C=O) groups is 1. The Bertz CT molecular complexity index is 456. The van der Waals surface area contributed by atoms with Gasteiger partial charge in [-0.2, -0.15) is 0 Å². The van der Waals surface area contributed by atoms with Crippen molar-refractivity contribution < 1.29 is 4.79 Å². The summed E-state index contributed by atoms with van der Waals surface area (Å²) in [6, 6.07) is 4.83. The standard InChI is InChI=1S/C16H25N3OS/c1-2-13(15-6-4-12-21-15)19-9-3-5-14(19)16(20)18-10-7-17-8-11-18/h4,6,12-14,17H,2-3,5,7-11H2,1H3. The van der Waals surface area contributed by atoms with Gasteiger partial charge in [0.2, 0.25) is 5.91 Å². The number of nitrogens with one attached hydrogen (secondary N) is 1. The Balaban J connectivity index is 1.73. The van der Waals surface area contributed by atoms with Gasteiger partial charge in [-0.3, -0.25) is 9.69 Å². The molecule has 1 aromatic rings. The number of carbonyl (C=O) groups excluding carboxylic acids is 1. The zero-order chi connectivity index (χ0) is 14.7. The Kier molecular flexibility index (Phi) is 4.93.